The first-order chi connectivity index (χ1) is 13.0. The van der Waals surface area contributed by atoms with Crippen molar-refractivity contribution in [1.29, 1.82) is 0 Å². The van der Waals surface area contributed by atoms with Gasteiger partial charge in [-0.25, -0.2) is 9.78 Å². The maximum absolute atomic E-state index is 11.8. The minimum Gasteiger partial charge on any atom is -0.506 e. The maximum Gasteiger partial charge on any atom is 0.336 e. The van der Waals surface area contributed by atoms with Crippen LogP contribution in [0.15, 0.2) is 56.8 Å². The van der Waals surface area contributed by atoms with Crippen LogP contribution in [0, 0.1) is 0 Å². The van der Waals surface area contributed by atoms with Gasteiger partial charge in [-0.15, -0.1) is 5.10 Å². The Kier molecular flexibility index (Phi) is 4.82. The molecule has 0 amide bonds. The third kappa shape index (κ3) is 3.80. The number of nitrogens with zero attached hydrogens (tertiary/aromatic N) is 2. The molecular weight excluding hydrogens is 409 g/mol. The average Bonchev–Trinajstić information content (AvgIpc) is 3.11. The highest BCUT2D eigenvalue weighted by molar-refractivity contribution is 7.98. The van der Waals surface area contributed by atoms with E-state index in [1.165, 1.54) is 23.9 Å². The van der Waals surface area contributed by atoms with Crippen molar-refractivity contribution in [3.05, 3.63) is 68.5 Å². The summed E-state index contributed by atoms with van der Waals surface area (Å²) >= 11 is 13.2. The van der Waals surface area contributed by atoms with Crippen molar-refractivity contribution in [3.8, 4) is 17.1 Å². The highest BCUT2D eigenvalue weighted by Crippen LogP contribution is 2.32. The molecule has 6 nitrogen and oxygen atoms in total. The first kappa shape index (κ1) is 17.9. The molecule has 0 bridgehead atoms. The first-order valence-corrected chi connectivity index (χ1v) is 9.50. The molecule has 9 heteroatoms. The molecule has 0 fully saturated rings. The zero-order valence-corrected chi connectivity index (χ0v) is 15.9. The van der Waals surface area contributed by atoms with Crippen molar-refractivity contribution in [2.45, 2.75) is 10.9 Å². The molecule has 136 valence electrons. The Morgan fingerprint density at radius 3 is 2.70 bits per heavy atom. The molecule has 0 unspecified atom stereocenters. The van der Waals surface area contributed by atoms with Crippen LogP contribution < -0.4 is 5.63 Å². The van der Waals surface area contributed by atoms with Crippen LogP contribution in [0.25, 0.3) is 22.4 Å². The van der Waals surface area contributed by atoms with Crippen molar-refractivity contribution in [3.63, 3.8) is 0 Å². The summed E-state index contributed by atoms with van der Waals surface area (Å²) in [5.74, 6) is 0.916. The van der Waals surface area contributed by atoms with Gasteiger partial charge in [0.1, 0.15) is 11.3 Å². The number of hydrogen-bond acceptors (Lipinski definition) is 6. The number of hydrogen-bond donors (Lipinski definition) is 2. The van der Waals surface area contributed by atoms with Crippen LogP contribution in [0.2, 0.25) is 10.0 Å². The summed E-state index contributed by atoms with van der Waals surface area (Å²) in [6, 6.07) is 11.6. The number of aromatic amines is 1. The Labute approximate surface area is 167 Å². The summed E-state index contributed by atoms with van der Waals surface area (Å²) in [5.41, 5.74) is 1.35. The van der Waals surface area contributed by atoms with Crippen LogP contribution in [-0.4, -0.2) is 20.3 Å². The summed E-state index contributed by atoms with van der Waals surface area (Å²) in [6.45, 7) is 0. The monoisotopic (exact) mass is 419 g/mol. The Hall–Kier alpha value is -2.48. The molecule has 4 rings (SSSR count). The lowest BCUT2D eigenvalue weighted by atomic mass is 10.1. The number of aromatic nitrogens is 3. The van der Waals surface area contributed by atoms with E-state index in [-0.39, 0.29) is 16.4 Å². The molecule has 2 aromatic carbocycles. The van der Waals surface area contributed by atoms with Crippen LogP contribution >= 0.6 is 35.0 Å². The first-order valence-electron chi connectivity index (χ1n) is 7.76. The van der Waals surface area contributed by atoms with E-state index in [9.17, 15) is 9.90 Å². The van der Waals surface area contributed by atoms with Gasteiger partial charge in [-0.2, -0.15) is 0 Å². The SMILES string of the molecule is O=c1cc(CSc2n[nH]c(-c3ccc(Cl)cc3)n2)c2cc(Cl)c(O)cc2o1. The highest BCUT2D eigenvalue weighted by atomic mass is 35.5. The maximum atomic E-state index is 11.8. The molecule has 0 saturated carbocycles. The van der Waals surface area contributed by atoms with Crippen molar-refractivity contribution in [2.75, 3.05) is 0 Å². The quantitative estimate of drug-likeness (QED) is 0.361. The van der Waals surface area contributed by atoms with Crippen LogP contribution in [0.5, 0.6) is 5.75 Å². The fourth-order valence-corrected chi connectivity index (χ4v) is 3.62. The predicted molar refractivity (Wildman–Crippen MR) is 106 cm³/mol. The predicted octanol–water partition coefficient (Wildman–Crippen LogP) is 4.88. The minimum atomic E-state index is -0.503. The van der Waals surface area contributed by atoms with Crippen molar-refractivity contribution >= 4 is 45.9 Å². The van der Waals surface area contributed by atoms with Gasteiger partial charge in [-0.1, -0.05) is 35.0 Å². The van der Waals surface area contributed by atoms with E-state index in [0.717, 1.165) is 5.56 Å². The van der Waals surface area contributed by atoms with Crippen LogP contribution in [0.1, 0.15) is 5.56 Å². The molecule has 0 atom stereocenters. The number of aromatic hydroxyl groups is 1. The Balaban J connectivity index is 1.60. The number of H-pyrrole nitrogens is 1. The number of fused-ring (bicyclic) bond motifs is 1. The number of thioether (sulfide) groups is 1. The third-order valence-corrected chi connectivity index (χ3v) is 5.29. The fraction of sp³-hybridized carbons (Fsp3) is 0.0556. The number of phenols is 1. The molecule has 0 spiro atoms. The number of rotatable bonds is 4. The lowest BCUT2D eigenvalue weighted by molar-refractivity contribution is 0.473. The van der Waals surface area contributed by atoms with Gasteiger partial charge in [0.15, 0.2) is 5.82 Å². The number of halogens is 2. The lowest BCUT2D eigenvalue weighted by Gasteiger charge is -2.05. The number of benzene rings is 2. The molecule has 0 aliphatic heterocycles. The normalized spacial score (nSPS) is 11.2. The topological polar surface area (TPSA) is 92.0 Å². The van der Waals surface area contributed by atoms with Gasteiger partial charge in [0.2, 0.25) is 5.16 Å². The summed E-state index contributed by atoms with van der Waals surface area (Å²) in [6.07, 6.45) is 0. The van der Waals surface area contributed by atoms with E-state index in [0.29, 0.717) is 32.7 Å². The standard InChI is InChI=1S/C18H11Cl2N3O3S/c19-11-3-1-9(2-4-11)17-21-18(23-22-17)27-8-10-5-16(25)26-15-7-14(24)13(20)6-12(10)15/h1-7,24H,8H2,(H,21,22,23). The third-order valence-electron chi connectivity index (χ3n) is 3.84. The van der Waals surface area contributed by atoms with Crippen molar-refractivity contribution < 1.29 is 9.52 Å². The summed E-state index contributed by atoms with van der Waals surface area (Å²) in [5, 5.41) is 18.8. The van der Waals surface area contributed by atoms with Gasteiger partial charge in [-0.05, 0) is 35.9 Å². The van der Waals surface area contributed by atoms with E-state index in [1.54, 1.807) is 18.2 Å². The van der Waals surface area contributed by atoms with Gasteiger partial charge in [0.25, 0.3) is 0 Å². The van der Waals surface area contributed by atoms with Gasteiger partial charge in [0, 0.05) is 33.9 Å². The van der Waals surface area contributed by atoms with Crippen molar-refractivity contribution in [1.82, 2.24) is 15.2 Å². The summed E-state index contributed by atoms with van der Waals surface area (Å²) < 4.78 is 5.13. The molecule has 4 aromatic rings. The molecule has 0 radical (unpaired) electrons. The van der Waals surface area contributed by atoms with Crippen LogP contribution in [-0.2, 0) is 5.75 Å². The Bertz CT molecular complexity index is 1190. The van der Waals surface area contributed by atoms with Gasteiger partial charge < -0.3 is 9.52 Å². The van der Waals surface area contributed by atoms with E-state index >= 15 is 0 Å². The Morgan fingerprint density at radius 1 is 1.15 bits per heavy atom. The minimum absolute atomic E-state index is 0.140. The van der Waals surface area contributed by atoms with Crippen molar-refractivity contribution in [2.24, 2.45) is 0 Å². The Morgan fingerprint density at radius 2 is 1.93 bits per heavy atom. The molecular formula is C18H11Cl2N3O3S. The molecule has 0 aliphatic rings. The lowest BCUT2D eigenvalue weighted by Crippen LogP contribution is -2.00. The molecule has 2 N–H and O–H groups in total. The second kappa shape index (κ2) is 7.26. The van der Waals surface area contributed by atoms with E-state index in [2.05, 4.69) is 15.2 Å². The van der Waals surface area contributed by atoms with E-state index < -0.39 is 5.63 Å². The largest absolute Gasteiger partial charge is 0.506 e. The summed E-state index contributed by atoms with van der Waals surface area (Å²) in [7, 11) is 0. The average molecular weight is 420 g/mol. The highest BCUT2D eigenvalue weighted by Gasteiger charge is 2.12. The zero-order chi connectivity index (χ0) is 19.0. The molecule has 0 saturated heterocycles. The summed E-state index contributed by atoms with van der Waals surface area (Å²) in [4.78, 5) is 16.2. The number of nitrogens with one attached hydrogen (secondary N) is 1. The smallest absolute Gasteiger partial charge is 0.336 e. The number of phenolic OH excluding ortho intramolecular Hbond substituents is 1. The molecule has 0 aliphatic carbocycles. The second-order valence-corrected chi connectivity index (χ2v) is 7.44. The van der Waals surface area contributed by atoms with E-state index in [1.807, 2.05) is 12.1 Å². The zero-order valence-electron chi connectivity index (χ0n) is 13.6. The van der Waals surface area contributed by atoms with Gasteiger partial charge in [-0.3, -0.25) is 5.10 Å². The fourth-order valence-electron chi connectivity index (χ4n) is 2.55. The van der Waals surface area contributed by atoms with Gasteiger partial charge >= 0.3 is 5.63 Å². The van der Waals surface area contributed by atoms with Crippen LogP contribution in [0.3, 0.4) is 0 Å². The second-order valence-electron chi connectivity index (χ2n) is 5.65. The molecule has 2 aromatic heterocycles. The molecule has 2 heterocycles. The van der Waals surface area contributed by atoms with Crippen LogP contribution in [0.4, 0.5) is 0 Å². The molecule has 27 heavy (non-hydrogen) atoms. The van der Waals surface area contributed by atoms with Gasteiger partial charge in [0.05, 0.1) is 5.02 Å². The van der Waals surface area contributed by atoms with E-state index in [4.69, 9.17) is 27.6 Å².